The highest BCUT2D eigenvalue weighted by Crippen LogP contribution is 2.21. The Balaban J connectivity index is 1.74. The molecule has 0 aromatic heterocycles. The number of nitrogens with one attached hydrogen (secondary N) is 1. The van der Waals surface area contributed by atoms with E-state index in [-0.39, 0.29) is 5.91 Å². The second kappa shape index (κ2) is 6.81. The molecule has 98 valence electrons. The lowest BCUT2D eigenvalue weighted by Gasteiger charge is -2.21. The van der Waals surface area contributed by atoms with Gasteiger partial charge in [-0.15, -0.1) is 0 Å². The lowest BCUT2D eigenvalue weighted by molar-refractivity contribution is 0.100. The molecule has 0 saturated carbocycles. The van der Waals surface area contributed by atoms with Gasteiger partial charge in [0.1, 0.15) is 0 Å². The SMILES string of the molecule is NC(=O)c1ccc(CNCC2CCSCC2)cc1. The molecule has 0 radical (unpaired) electrons. The predicted molar refractivity (Wildman–Crippen MR) is 76.7 cm³/mol. The van der Waals surface area contributed by atoms with Crippen LogP contribution in [0.1, 0.15) is 28.8 Å². The van der Waals surface area contributed by atoms with Gasteiger partial charge in [-0.3, -0.25) is 4.79 Å². The molecule has 3 N–H and O–H groups in total. The maximum absolute atomic E-state index is 10.9. The molecule has 2 rings (SSSR count). The van der Waals surface area contributed by atoms with E-state index in [0.29, 0.717) is 5.56 Å². The highest BCUT2D eigenvalue weighted by molar-refractivity contribution is 7.99. The van der Waals surface area contributed by atoms with Gasteiger partial charge in [0.05, 0.1) is 0 Å². The van der Waals surface area contributed by atoms with E-state index in [1.807, 2.05) is 12.1 Å². The van der Waals surface area contributed by atoms with Crippen LogP contribution in [0.25, 0.3) is 0 Å². The van der Waals surface area contributed by atoms with Gasteiger partial charge in [0.15, 0.2) is 0 Å². The van der Waals surface area contributed by atoms with Crippen molar-refractivity contribution in [2.45, 2.75) is 19.4 Å². The summed E-state index contributed by atoms with van der Waals surface area (Å²) < 4.78 is 0. The normalized spacial score (nSPS) is 16.7. The van der Waals surface area contributed by atoms with Crippen LogP contribution in [0, 0.1) is 5.92 Å². The molecule has 0 bridgehead atoms. The maximum atomic E-state index is 10.9. The van der Waals surface area contributed by atoms with Crippen LogP contribution in [0.2, 0.25) is 0 Å². The van der Waals surface area contributed by atoms with E-state index >= 15 is 0 Å². The van der Waals surface area contributed by atoms with Gasteiger partial charge < -0.3 is 11.1 Å². The van der Waals surface area contributed by atoms with E-state index in [1.54, 1.807) is 12.1 Å². The summed E-state index contributed by atoms with van der Waals surface area (Å²) in [4.78, 5) is 10.9. The van der Waals surface area contributed by atoms with Crippen LogP contribution in [-0.2, 0) is 6.54 Å². The van der Waals surface area contributed by atoms with E-state index in [4.69, 9.17) is 5.73 Å². The summed E-state index contributed by atoms with van der Waals surface area (Å²) in [6.07, 6.45) is 2.66. The minimum absolute atomic E-state index is 0.366. The van der Waals surface area contributed by atoms with Crippen LogP contribution < -0.4 is 11.1 Å². The monoisotopic (exact) mass is 264 g/mol. The van der Waals surface area contributed by atoms with Crippen LogP contribution >= 0.6 is 11.8 Å². The fourth-order valence-electron chi connectivity index (χ4n) is 2.16. The maximum Gasteiger partial charge on any atom is 0.248 e. The molecule has 4 heteroatoms. The van der Waals surface area contributed by atoms with Crippen LogP contribution in [0.5, 0.6) is 0 Å². The first-order valence-electron chi connectivity index (χ1n) is 6.43. The van der Waals surface area contributed by atoms with Crippen molar-refractivity contribution in [3.63, 3.8) is 0 Å². The van der Waals surface area contributed by atoms with E-state index in [9.17, 15) is 4.79 Å². The molecule has 1 aliphatic rings. The minimum Gasteiger partial charge on any atom is -0.366 e. The van der Waals surface area contributed by atoms with Crippen molar-refractivity contribution < 1.29 is 4.79 Å². The molecule has 18 heavy (non-hydrogen) atoms. The Morgan fingerprint density at radius 3 is 2.56 bits per heavy atom. The predicted octanol–water partition coefficient (Wildman–Crippen LogP) is 2.02. The number of hydrogen-bond donors (Lipinski definition) is 2. The van der Waals surface area contributed by atoms with E-state index < -0.39 is 0 Å². The molecule has 0 spiro atoms. The number of benzene rings is 1. The second-order valence-corrected chi connectivity index (χ2v) is 5.97. The zero-order valence-corrected chi connectivity index (χ0v) is 11.3. The first-order valence-corrected chi connectivity index (χ1v) is 7.58. The number of amides is 1. The van der Waals surface area contributed by atoms with Gasteiger partial charge >= 0.3 is 0 Å². The molecule has 1 aromatic rings. The van der Waals surface area contributed by atoms with Crippen LogP contribution in [0.3, 0.4) is 0 Å². The lowest BCUT2D eigenvalue weighted by atomic mass is 10.0. The summed E-state index contributed by atoms with van der Waals surface area (Å²) in [5.74, 6) is 3.07. The van der Waals surface area contributed by atoms with Crippen molar-refractivity contribution in [1.82, 2.24) is 5.32 Å². The van der Waals surface area contributed by atoms with Crippen LogP contribution in [0.4, 0.5) is 0 Å². The van der Waals surface area contributed by atoms with Crippen molar-refractivity contribution in [2.75, 3.05) is 18.1 Å². The largest absolute Gasteiger partial charge is 0.366 e. The quantitative estimate of drug-likeness (QED) is 0.855. The Hall–Kier alpha value is -1.00. The third-order valence-electron chi connectivity index (χ3n) is 3.34. The highest BCUT2D eigenvalue weighted by Gasteiger charge is 2.12. The molecule has 1 amide bonds. The number of thioether (sulfide) groups is 1. The fraction of sp³-hybridized carbons (Fsp3) is 0.500. The number of carbonyl (C=O) groups is 1. The van der Waals surface area contributed by atoms with Crippen molar-refractivity contribution in [1.29, 1.82) is 0 Å². The zero-order valence-electron chi connectivity index (χ0n) is 10.5. The van der Waals surface area contributed by atoms with Gasteiger partial charge in [-0.2, -0.15) is 11.8 Å². The molecular formula is C14H20N2OS. The Morgan fingerprint density at radius 1 is 1.28 bits per heavy atom. The molecule has 1 aliphatic heterocycles. The topological polar surface area (TPSA) is 55.1 Å². The minimum atomic E-state index is -0.366. The van der Waals surface area contributed by atoms with Crippen LogP contribution in [0.15, 0.2) is 24.3 Å². The van der Waals surface area contributed by atoms with Gasteiger partial charge in [-0.05, 0) is 54.5 Å². The van der Waals surface area contributed by atoms with Crippen molar-refractivity contribution in [3.05, 3.63) is 35.4 Å². The van der Waals surface area contributed by atoms with Crippen molar-refractivity contribution in [3.8, 4) is 0 Å². The first kappa shape index (κ1) is 13.4. The summed E-state index contributed by atoms with van der Waals surface area (Å²) in [6.45, 7) is 1.96. The Labute approximate surface area is 113 Å². The third-order valence-corrected chi connectivity index (χ3v) is 4.39. The lowest BCUT2D eigenvalue weighted by Crippen LogP contribution is -2.25. The molecule has 1 saturated heterocycles. The van der Waals surface area contributed by atoms with Gasteiger partial charge in [0.2, 0.25) is 5.91 Å². The number of hydrogen-bond acceptors (Lipinski definition) is 3. The Kier molecular flexibility index (Phi) is 5.08. The first-order chi connectivity index (χ1) is 8.75. The summed E-state index contributed by atoms with van der Waals surface area (Å²) >= 11 is 2.06. The zero-order chi connectivity index (χ0) is 12.8. The Morgan fingerprint density at radius 2 is 1.94 bits per heavy atom. The number of primary amides is 1. The fourth-order valence-corrected chi connectivity index (χ4v) is 3.36. The smallest absolute Gasteiger partial charge is 0.248 e. The van der Waals surface area contributed by atoms with Crippen molar-refractivity contribution >= 4 is 17.7 Å². The molecular weight excluding hydrogens is 244 g/mol. The third kappa shape index (κ3) is 4.03. The second-order valence-electron chi connectivity index (χ2n) is 4.75. The molecule has 1 heterocycles. The van der Waals surface area contributed by atoms with E-state index in [2.05, 4.69) is 17.1 Å². The molecule has 0 atom stereocenters. The van der Waals surface area contributed by atoms with Gasteiger partial charge in [0, 0.05) is 12.1 Å². The van der Waals surface area contributed by atoms with Crippen molar-refractivity contribution in [2.24, 2.45) is 11.7 Å². The summed E-state index contributed by atoms with van der Waals surface area (Å²) in [7, 11) is 0. The van der Waals surface area contributed by atoms with Gasteiger partial charge in [0.25, 0.3) is 0 Å². The van der Waals surface area contributed by atoms with E-state index in [0.717, 1.165) is 19.0 Å². The standard InChI is InChI=1S/C14H20N2OS/c15-14(17)13-3-1-11(2-4-13)9-16-10-12-5-7-18-8-6-12/h1-4,12,16H,5-10H2,(H2,15,17). The average Bonchev–Trinajstić information content (AvgIpc) is 2.40. The molecule has 0 unspecified atom stereocenters. The summed E-state index contributed by atoms with van der Waals surface area (Å²) in [6, 6.07) is 7.50. The molecule has 1 fully saturated rings. The van der Waals surface area contributed by atoms with Crippen LogP contribution in [-0.4, -0.2) is 24.0 Å². The highest BCUT2D eigenvalue weighted by atomic mass is 32.2. The molecule has 0 aliphatic carbocycles. The average molecular weight is 264 g/mol. The number of rotatable bonds is 5. The van der Waals surface area contributed by atoms with Gasteiger partial charge in [-0.25, -0.2) is 0 Å². The summed E-state index contributed by atoms with van der Waals surface area (Å²) in [5.41, 5.74) is 6.98. The van der Waals surface area contributed by atoms with E-state index in [1.165, 1.54) is 29.9 Å². The summed E-state index contributed by atoms with van der Waals surface area (Å²) in [5, 5.41) is 3.49. The number of carbonyl (C=O) groups excluding carboxylic acids is 1. The Bertz CT molecular complexity index is 385. The van der Waals surface area contributed by atoms with Gasteiger partial charge in [-0.1, -0.05) is 12.1 Å². The number of nitrogens with two attached hydrogens (primary N) is 1. The molecule has 1 aromatic carbocycles. The molecule has 3 nitrogen and oxygen atoms in total.